The Hall–Kier alpha value is -1.92. The molecule has 0 unspecified atom stereocenters. The van der Waals surface area contributed by atoms with Crippen LogP contribution >= 0.6 is 0 Å². The lowest BCUT2D eigenvalue weighted by molar-refractivity contribution is -0.132. The summed E-state index contributed by atoms with van der Waals surface area (Å²) in [7, 11) is 4.38. The molecule has 0 saturated carbocycles. The van der Waals surface area contributed by atoms with Crippen molar-refractivity contribution < 1.29 is 4.79 Å². The van der Waals surface area contributed by atoms with E-state index in [0.29, 0.717) is 36.5 Å². The van der Waals surface area contributed by atoms with Crippen molar-refractivity contribution in [2.24, 2.45) is 17.8 Å². The molecule has 0 radical (unpaired) electrons. The van der Waals surface area contributed by atoms with Crippen molar-refractivity contribution >= 4 is 11.5 Å². The second kappa shape index (κ2) is 6.79. The van der Waals surface area contributed by atoms with Gasteiger partial charge in [-0.25, -0.2) is 0 Å². The highest BCUT2D eigenvalue weighted by Crippen LogP contribution is 2.43. The van der Waals surface area contributed by atoms with Crippen molar-refractivity contribution in [3.8, 4) is 0 Å². The van der Waals surface area contributed by atoms with Gasteiger partial charge in [0.05, 0.1) is 0 Å². The zero-order valence-electron chi connectivity index (χ0n) is 18.1. The molecule has 30 heavy (non-hydrogen) atoms. The summed E-state index contributed by atoms with van der Waals surface area (Å²) in [6, 6.07) is 4.29. The summed E-state index contributed by atoms with van der Waals surface area (Å²) in [5.74, 6) is 2.22. The molecule has 1 amide bonds. The summed E-state index contributed by atoms with van der Waals surface area (Å²) >= 11 is 0. The summed E-state index contributed by atoms with van der Waals surface area (Å²) in [6.07, 6.45) is 3.59. The van der Waals surface area contributed by atoms with Gasteiger partial charge in [0.25, 0.3) is 5.56 Å². The van der Waals surface area contributed by atoms with Crippen molar-refractivity contribution in [1.82, 2.24) is 19.3 Å². The lowest BCUT2D eigenvalue weighted by Crippen LogP contribution is -2.53. The molecule has 5 aliphatic heterocycles. The lowest BCUT2D eigenvalue weighted by Gasteiger charge is -2.49. The Morgan fingerprint density at radius 3 is 2.30 bits per heavy atom. The smallest absolute Gasteiger partial charge is 0.258 e. The van der Waals surface area contributed by atoms with Gasteiger partial charge in [-0.05, 0) is 62.9 Å². The first-order valence-electron chi connectivity index (χ1n) is 11.6. The zero-order chi connectivity index (χ0) is 20.6. The second-order valence-electron chi connectivity index (χ2n) is 10.5. The fraction of sp³-hybridized carbons (Fsp3) is 0.667. The molecule has 160 valence electrons. The van der Waals surface area contributed by atoms with Crippen molar-refractivity contribution in [3.63, 3.8) is 0 Å². The van der Waals surface area contributed by atoms with Crippen LogP contribution in [0.4, 0.5) is 0 Å². The molecule has 6 heteroatoms. The van der Waals surface area contributed by atoms with Gasteiger partial charge in [0.15, 0.2) is 0 Å². The van der Waals surface area contributed by atoms with Gasteiger partial charge in [-0.15, -0.1) is 0 Å². The summed E-state index contributed by atoms with van der Waals surface area (Å²) < 4.78 is 2.08. The molecule has 4 bridgehead atoms. The molecule has 5 aliphatic rings. The molecular weight excluding hydrogens is 376 g/mol. The molecule has 0 spiro atoms. The average Bonchev–Trinajstić information content (AvgIpc) is 2.69. The van der Waals surface area contributed by atoms with E-state index in [1.165, 1.54) is 17.8 Å². The van der Waals surface area contributed by atoms with Crippen LogP contribution in [0.5, 0.6) is 0 Å². The van der Waals surface area contributed by atoms with E-state index < -0.39 is 0 Å². The Labute approximate surface area is 178 Å². The highest BCUT2D eigenvalue weighted by molar-refractivity contribution is 5.87. The van der Waals surface area contributed by atoms with Crippen LogP contribution in [0.1, 0.15) is 42.9 Å². The Bertz CT molecular complexity index is 993. The number of likely N-dealkylation sites (tertiary alicyclic amines) is 2. The molecule has 6 heterocycles. The number of aromatic nitrogens is 1. The van der Waals surface area contributed by atoms with Crippen molar-refractivity contribution in [3.05, 3.63) is 39.4 Å². The maximum Gasteiger partial charge on any atom is 0.258 e. The van der Waals surface area contributed by atoms with Crippen LogP contribution in [0.3, 0.4) is 0 Å². The number of allylic oxidation sites excluding steroid dienone is 1. The molecule has 4 atom stereocenters. The molecule has 1 aromatic rings. The summed E-state index contributed by atoms with van der Waals surface area (Å²) in [5, 5.41) is 0. The van der Waals surface area contributed by atoms with Crippen LogP contribution < -0.4 is 5.56 Å². The molecule has 6 nitrogen and oxygen atoms in total. The third-order valence-electron chi connectivity index (χ3n) is 8.15. The van der Waals surface area contributed by atoms with Gasteiger partial charge >= 0.3 is 0 Å². The van der Waals surface area contributed by atoms with Gasteiger partial charge in [0.1, 0.15) is 0 Å². The molecule has 1 aromatic heterocycles. The maximum absolute atomic E-state index is 13.7. The monoisotopic (exact) mass is 408 g/mol. The van der Waals surface area contributed by atoms with Gasteiger partial charge in [0, 0.05) is 74.5 Å². The van der Waals surface area contributed by atoms with Crippen LogP contribution in [-0.2, 0) is 11.3 Å². The molecular formula is C24H32N4O2. The van der Waals surface area contributed by atoms with E-state index >= 15 is 0 Å². The van der Waals surface area contributed by atoms with Gasteiger partial charge < -0.3 is 19.3 Å². The minimum absolute atomic E-state index is 0.176. The number of fused-ring (bicyclic) bond motifs is 8. The Kier molecular flexibility index (Phi) is 4.26. The van der Waals surface area contributed by atoms with Crippen molar-refractivity contribution in [2.45, 2.75) is 38.1 Å². The number of likely N-dealkylation sites (N-methyl/N-ethyl adjacent to an activating group) is 1. The molecule has 0 aliphatic carbocycles. The predicted molar refractivity (Wildman–Crippen MR) is 116 cm³/mol. The van der Waals surface area contributed by atoms with E-state index in [2.05, 4.69) is 45.5 Å². The Balaban J connectivity index is 1.46. The first-order valence-corrected chi connectivity index (χ1v) is 11.6. The number of hydrogen-bond acceptors (Lipinski definition) is 4. The number of amides is 1. The Morgan fingerprint density at radius 1 is 0.800 bits per heavy atom. The van der Waals surface area contributed by atoms with Crippen LogP contribution in [0, 0.1) is 17.8 Å². The number of hydrogen-bond donors (Lipinski definition) is 0. The zero-order valence-corrected chi connectivity index (χ0v) is 18.1. The largest absolute Gasteiger partial charge is 0.315 e. The first-order chi connectivity index (χ1) is 14.5. The van der Waals surface area contributed by atoms with Gasteiger partial charge in [0.2, 0.25) is 5.91 Å². The summed E-state index contributed by atoms with van der Waals surface area (Å²) in [6.45, 7) is 5.84. The Morgan fingerprint density at radius 2 is 1.50 bits per heavy atom. The standard InChI is InChI=1S/C24H32N4O2/c1-25-9-15-7-17(13-25)21-5-3-20(24(30)27(21)11-15)19-4-6-22(29)28-12-16-8-18(23(19)28)14-26(2)10-16/h3,5,15-18H,4,6-14H2,1-2H3/t15-,16+,17+,18-/m0/s1. The molecule has 0 aromatic carbocycles. The topological polar surface area (TPSA) is 48.8 Å². The fourth-order valence-electron chi connectivity index (χ4n) is 7.18. The SMILES string of the molecule is CN1C[C@H]2C[C@@H](C1)C1=C(c3ccc4n(c3=O)C[C@H]3C[C@@H]4CN(C)C3)CCC(=O)N1C2. The van der Waals surface area contributed by atoms with E-state index in [4.69, 9.17) is 0 Å². The molecule has 3 fully saturated rings. The summed E-state index contributed by atoms with van der Waals surface area (Å²) in [5.41, 5.74) is 4.56. The van der Waals surface area contributed by atoms with E-state index in [9.17, 15) is 9.59 Å². The number of pyridine rings is 1. The van der Waals surface area contributed by atoms with Crippen molar-refractivity contribution in [2.75, 3.05) is 46.8 Å². The maximum atomic E-state index is 13.7. The normalized spacial score (nSPS) is 34.1. The third kappa shape index (κ3) is 2.83. The molecule has 6 rings (SSSR count). The number of carbonyl (C=O) groups excluding carboxylic acids is 1. The van der Waals surface area contributed by atoms with E-state index in [1.807, 2.05) is 0 Å². The van der Waals surface area contributed by atoms with Gasteiger partial charge in [-0.3, -0.25) is 9.59 Å². The fourth-order valence-corrected chi connectivity index (χ4v) is 7.18. The summed E-state index contributed by atoms with van der Waals surface area (Å²) in [4.78, 5) is 33.4. The lowest BCUT2D eigenvalue weighted by atomic mass is 9.77. The van der Waals surface area contributed by atoms with Gasteiger partial charge in [-0.1, -0.05) is 0 Å². The quantitative estimate of drug-likeness (QED) is 0.711. The third-order valence-corrected chi connectivity index (χ3v) is 8.15. The minimum atomic E-state index is 0.176. The number of piperidine rings is 3. The van der Waals surface area contributed by atoms with E-state index in [-0.39, 0.29) is 11.5 Å². The highest BCUT2D eigenvalue weighted by Gasteiger charge is 2.42. The number of carbonyl (C=O) groups is 1. The molecule has 0 N–H and O–H groups in total. The molecule has 3 saturated heterocycles. The highest BCUT2D eigenvalue weighted by atomic mass is 16.2. The predicted octanol–water partition coefficient (Wildman–Crippen LogP) is 1.81. The van der Waals surface area contributed by atoms with E-state index in [0.717, 1.165) is 56.8 Å². The van der Waals surface area contributed by atoms with Crippen LogP contribution in [0.15, 0.2) is 22.6 Å². The first kappa shape index (κ1) is 18.8. The minimum Gasteiger partial charge on any atom is -0.315 e. The van der Waals surface area contributed by atoms with Gasteiger partial charge in [-0.2, -0.15) is 0 Å². The number of rotatable bonds is 1. The average molecular weight is 409 g/mol. The van der Waals surface area contributed by atoms with Crippen molar-refractivity contribution in [1.29, 1.82) is 0 Å². The van der Waals surface area contributed by atoms with Crippen LogP contribution in [0.25, 0.3) is 5.57 Å². The van der Waals surface area contributed by atoms with E-state index in [1.54, 1.807) is 0 Å². The van der Waals surface area contributed by atoms with Crippen LogP contribution in [-0.4, -0.2) is 72.0 Å². The number of nitrogens with zero attached hydrogens (tertiary/aromatic N) is 4. The van der Waals surface area contributed by atoms with Crippen LogP contribution in [0.2, 0.25) is 0 Å². The second-order valence-corrected chi connectivity index (χ2v) is 10.5.